The van der Waals surface area contributed by atoms with Gasteiger partial charge in [0.15, 0.2) is 0 Å². The fourth-order valence-corrected chi connectivity index (χ4v) is 3.47. The number of urea groups is 1. The van der Waals surface area contributed by atoms with Crippen LogP contribution >= 0.6 is 0 Å². The van der Waals surface area contributed by atoms with E-state index in [0.717, 1.165) is 34.6 Å². The van der Waals surface area contributed by atoms with Gasteiger partial charge in [0.25, 0.3) is 0 Å². The zero-order valence-electron chi connectivity index (χ0n) is 13.7. The van der Waals surface area contributed by atoms with Crippen molar-refractivity contribution in [2.45, 2.75) is 19.4 Å². The quantitative estimate of drug-likeness (QED) is 0.874. The average molecular weight is 320 g/mol. The zero-order valence-corrected chi connectivity index (χ0v) is 13.7. The van der Waals surface area contributed by atoms with Gasteiger partial charge in [-0.25, -0.2) is 4.79 Å². The third kappa shape index (κ3) is 2.35. The van der Waals surface area contributed by atoms with Gasteiger partial charge in [0.1, 0.15) is 5.75 Å². The lowest BCUT2D eigenvalue weighted by molar-refractivity contribution is 0.242. The summed E-state index contributed by atoms with van der Waals surface area (Å²) in [5.74, 6) is 0.851. The molecule has 122 valence electrons. The van der Waals surface area contributed by atoms with Gasteiger partial charge in [0.05, 0.1) is 18.3 Å². The number of hydrogen-bond donors (Lipinski definition) is 1. The number of amides is 2. The van der Waals surface area contributed by atoms with Crippen LogP contribution in [0.25, 0.3) is 0 Å². The standard InChI is InChI=1S/C20H20N2O2/c1-13(2)12-22-18-16(9-8-15-10-11-24-19(15)18)17(21-20(22)23)14-6-4-3-5-7-14/h3-9,17H,1,10-12H2,2H3,(H,21,23). The molecule has 1 N–H and O–H groups in total. The zero-order chi connectivity index (χ0) is 16.7. The monoisotopic (exact) mass is 320 g/mol. The van der Waals surface area contributed by atoms with Crippen molar-refractivity contribution in [1.29, 1.82) is 0 Å². The van der Waals surface area contributed by atoms with Gasteiger partial charge in [0, 0.05) is 18.5 Å². The maximum absolute atomic E-state index is 12.8. The summed E-state index contributed by atoms with van der Waals surface area (Å²) in [4.78, 5) is 14.5. The van der Waals surface area contributed by atoms with Crippen molar-refractivity contribution >= 4 is 11.7 Å². The lowest BCUT2D eigenvalue weighted by Gasteiger charge is -2.36. The smallest absolute Gasteiger partial charge is 0.323 e. The van der Waals surface area contributed by atoms with E-state index in [9.17, 15) is 4.79 Å². The van der Waals surface area contributed by atoms with Crippen molar-refractivity contribution in [3.63, 3.8) is 0 Å². The molecule has 0 radical (unpaired) electrons. The van der Waals surface area contributed by atoms with E-state index in [1.165, 1.54) is 5.56 Å². The Bertz CT molecular complexity index is 814. The first-order chi connectivity index (χ1) is 11.6. The van der Waals surface area contributed by atoms with Crippen molar-refractivity contribution < 1.29 is 9.53 Å². The van der Waals surface area contributed by atoms with Gasteiger partial charge in [-0.15, -0.1) is 0 Å². The number of anilines is 1. The molecule has 4 nitrogen and oxygen atoms in total. The number of nitrogens with one attached hydrogen (secondary N) is 1. The minimum Gasteiger partial charge on any atom is -0.491 e. The van der Waals surface area contributed by atoms with Crippen molar-refractivity contribution in [1.82, 2.24) is 5.32 Å². The first-order valence-electron chi connectivity index (χ1n) is 8.21. The molecule has 4 heteroatoms. The molecular weight excluding hydrogens is 300 g/mol. The molecule has 0 aromatic heterocycles. The summed E-state index contributed by atoms with van der Waals surface area (Å²) >= 11 is 0. The molecule has 1 atom stereocenters. The molecule has 0 spiro atoms. The van der Waals surface area contributed by atoms with Crippen molar-refractivity contribution in [2.24, 2.45) is 0 Å². The van der Waals surface area contributed by atoms with Crippen LogP contribution in [0.4, 0.5) is 10.5 Å². The predicted molar refractivity (Wildman–Crippen MR) is 94.6 cm³/mol. The average Bonchev–Trinajstić information content (AvgIpc) is 3.06. The fraction of sp³-hybridized carbons (Fsp3) is 0.250. The first kappa shape index (κ1) is 14.8. The van der Waals surface area contributed by atoms with Crippen LogP contribution < -0.4 is 15.0 Å². The van der Waals surface area contributed by atoms with Gasteiger partial charge in [-0.2, -0.15) is 0 Å². The number of ether oxygens (including phenoxy) is 1. The van der Waals surface area contributed by atoms with Gasteiger partial charge in [0.2, 0.25) is 0 Å². The number of hydrogen-bond acceptors (Lipinski definition) is 2. The number of rotatable bonds is 3. The summed E-state index contributed by atoms with van der Waals surface area (Å²) in [5, 5.41) is 3.13. The summed E-state index contributed by atoms with van der Waals surface area (Å²) in [6, 6.07) is 14.0. The molecule has 0 saturated heterocycles. The maximum Gasteiger partial charge on any atom is 0.323 e. The van der Waals surface area contributed by atoms with Crippen molar-refractivity contribution in [3.05, 3.63) is 71.3 Å². The molecule has 2 amide bonds. The lowest BCUT2D eigenvalue weighted by atomic mass is 9.92. The summed E-state index contributed by atoms with van der Waals surface area (Å²) < 4.78 is 5.89. The van der Waals surface area contributed by atoms with Gasteiger partial charge in [-0.05, 0) is 18.1 Å². The highest BCUT2D eigenvalue weighted by atomic mass is 16.5. The van der Waals surface area contributed by atoms with Crippen LogP contribution in [0.15, 0.2) is 54.6 Å². The van der Waals surface area contributed by atoms with Crippen molar-refractivity contribution in [3.8, 4) is 5.75 Å². The van der Waals surface area contributed by atoms with Gasteiger partial charge in [-0.3, -0.25) is 4.90 Å². The van der Waals surface area contributed by atoms with E-state index in [1.54, 1.807) is 4.90 Å². The Morgan fingerprint density at radius 1 is 1.29 bits per heavy atom. The number of benzene rings is 2. The van der Waals surface area contributed by atoms with Gasteiger partial charge in [-0.1, -0.05) is 54.6 Å². The van der Waals surface area contributed by atoms with Crippen LogP contribution in [0.2, 0.25) is 0 Å². The molecule has 0 fully saturated rings. The normalized spacial score (nSPS) is 18.5. The summed E-state index contributed by atoms with van der Waals surface area (Å²) in [7, 11) is 0. The Hall–Kier alpha value is -2.75. The molecule has 2 aromatic carbocycles. The largest absolute Gasteiger partial charge is 0.491 e. The van der Waals surface area contributed by atoms with Crippen LogP contribution in [0, 0.1) is 0 Å². The molecule has 0 saturated carbocycles. The highest BCUT2D eigenvalue weighted by molar-refractivity contribution is 5.98. The summed E-state index contributed by atoms with van der Waals surface area (Å²) in [6.07, 6.45) is 0.890. The molecule has 2 aliphatic heterocycles. The Kier molecular flexibility index (Phi) is 3.53. The Morgan fingerprint density at radius 2 is 2.08 bits per heavy atom. The van der Waals surface area contributed by atoms with Crippen LogP contribution in [-0.4, -0.2) is 19.2 Å². The van der Waals surface area contributed by atoms with Crippen LogP contribution in [0.1, 0.15) is 29.7 Å². The molecule has 0 bridgehead atoms. The lowest BCUT2D eigenvalue weighted by Crippen LogP contribution is -2.47. The molecule has 2 heterocycles. The molecule has 4 rings (SSSR count). The van der Waals surface area contributed by atoms with Crippen LogP contribution in [-0.2, 0) is 6.42 Å². The van der Waals surface area contributed by atoms with E-state index in [2.05, 4.69) is 24.0 Å². The summed E-state index contributed by atoms with van der Waals surface area (Å²) in [5.41, 5.74) is 5.14. The second-order valence-corrected chi connectivity index (χ2v) is 6.43. The molecule has 0 aliphatic carbocycles. The second kappa shape index (κ2) is 5.71. The molecule has 1 unspecified atom stereocenters. The second-order valence-electron chi connectivity index (χ2n) is 6.43. The van der Waals surface area contributed by atoms with E-state index in [1.807, 2.05) is 37.3 Å². The van der Waals surface area contributed by atoms with E-state index >= 15 is 0 Å². The third-order valence-electron chi connectivity index (χ3n) is 4.52. The third-order valence-corrected chi connectivity index (χ3v) is 4.52. The van der Waals surface area contributed by atoms with E-state index in [4.69, 9.17) is 4.74 Å². The van der Waals surface area contributed by atoms with Crippen LogP contribution in [0.5, 0.6) is 5.75 Å². The van der Waals surface area contributed by atoms with E-state index in [0.29, 0.717) is 13.2 Å². The molecule has 2 aliphatic rings. The Labute approximate surface area is 141 Å². The number of carbonyl (C=O) groups is 1. The topological polar surface area (TPSA) is 41.6 Å². The van der Waals surface area contributed by atoms with Gasteiger partial charge >= 0.3 is 6.03 Å². The minimum atomic E-state index is -0.162. The van der Waals surface area contributed by atoms with E-state index in [-0.39, 0.29) is 12.1 Å². The highest BCUT2D eigenvalue weighted by Crippen LogP contribution is 2.45. The van der Waals surface area contributed by atoms with Gasteiger partial charge < -0.3 is 10.1 Å². The minimum absolute atomic E-state index is 0.108. The fourth-order valence-electron chi connectivity index (χ4n) is 3.47. The SMILES string of the molecule is C=C(C)CN1C(=O)NC(c2ccccc2)c2ccc3c(c21)OCC3. The maximum atomic E-state index is 12.8. The first-order valence-corrected chi connectivity index (χ1v) is 8.21. The number of fused-ring (bicyclic) bond motifs is 3. The van der Waals surface area contributed by atoms with E-state index < -0.39 is 0 Å². The summed E-state index contributed by atoms with van der Waals surface area (Å²) in [6.45, 7) is 7.05. The Balaban J connectivity index is 1.89. The molecule has 24 heavy (non-hydrogen) atoms. The van der Waals surface area contributed by atoms with Crippen molar-refractivity contribution in [2.75, 3.05) is 18.1 Å². The molecule has 2 aromatic rings. The molecular formula is C20H20N2O2. The predicted octanol–water partition coefficient (Wildman–Crippen LogP) is 3.82. The van der Waals surface area contributed by atoms with Crippen LogP contribution in [0.3, 0.4) is 0 Å². The number of carbonyl (C=O) groups excluding carboxylic acids is 1. The number of nitrogens with zero attached hydrogens (tertiary/aromatic N) is 1. The Morgan fingerprint density at radius 3 is 2.83 bits per heavy atom. The highest BCUT2D eigenvalue weighted by Gasteiger charge is 2.36.